The number of benzene rings is 1. The third kappa shape index (κ3) is 3.97. The molecule has 8 nitrogen and oxygen atoms in total. The summed E-state index contributed by atoms with van der Waals surface area (Å²) in [7, 11) is 0. The van der Waals surface area contributed by atoms with Crippen molar-refractivity contribution in [2.24, 2.45) is 0 Å². The lowest BCUT2D eigenvalue weighted by molar-refractivity contribution is -0.128. The van der Waals surface area contributed by atoms with Crippen LogP contribution < -0.4 is 10.9 Å². The largest absolute Gasteiger partial charge is 0.501 e. The number of nitrogens with zero attached hydrogens (tertiary/aromatic N) is 3. The van der Waals surface area contributed by atoms with E-state index in [9.17, 15) is 23.9 Å². The van der Waals surface area contributed by atoms with Crippen molar-refractivity contribution < 1.29 is 19.1 Å². The Morgan fingerprint density at radius 3 is 2.59 bits per heavy atom. The molecule has 0 aliphatic carbocycles. The maximum Gasteiger partial charge on any atom is 0.296 e. The van der Waals surface area contributed by atoms with Crippen LogP contribution in [0.25, 0.3) is 0 Å². The Balaban J connectivity index is 1.81. The van der Waals surface area contributed by atoms with E-state index < -0.39 is 17.2 Å². The van der Waals surface area contributed by atoms with Crippen LogP contribution >= 0.6 is 0 Å². The molecule has 2 aromatic rings. The van der Waals surface area contributed by atoms with Crippen molar-refractivity contribution in [2.45, 2.75) is 26.4 Å². The average molecular weight is 374 g/mol. The minimum Gasteiger partial charge on any atom is -0.501 e. The van der Waals surface area contributed by atoms with Crippen LogP contribution in [0.3, 0.4) is 0 Å². The predicted octanol–water partition coefficient (Wildman–Crippen LogP) is 0.423. The number of amides is 2. The number of aromatic hydroxyl groups is 1. The summed E-state index contributed by atoms with van der Waals surface area (Å²) in [6.07, 6.45) is 0.299. The van der Waals surface area contributed by atoms with Crippen LogP contribution in [0, 0.1) is 5.82 Å². The molecule has 2 N–H and O–H groups in total. The summed E-state index contributed by atoms with van der Waals surface area (Å²) in [6.45, 7) is 2.45. The first-order valence-corrected chi connectivity index (χ1v) is 8.47. The van der Waals surface area contributed by atoms with Crippen LogP contribution in [0.1, 0.15) is 28.8 Å². The van der Waals surface area contributed by atoms with Gasteiger partial charge in [0.25, 0.3) is 11.5 Å². The maximum atomic E-state index is 12.9. The first-order chi connectivity index (χ1) is 12.9. The van der Waals surface area contributed by atoms with Crippen molar-refractivity contribution in [3.63, 3.8) is 0 Å². The topological polar surface area (TPSA) is 105 Å². The van der Waals surface area contributed by atoms with Crippen molar-refractivity contribution in [2.75, 3.05) is 13.1 Å². The summed E-state index contributed by atoms with van der Waals surface area (Å²) < 4.78 is 14.2. The van der Waals surface area contributed by atoms with Gasteiger partial charge >= 0.3 is 0 Å². The summed E-state index contributed by atoms with van der Waals surface area (Å²) in [4.78, 5) is 42.1. The molecule has 1 aliphatic rings. The van der Waals surface area contributed by atoms with Gasteiger partial charge in [-0.15, -0.1) is 0 Å². The molecular formula is C18H19FN4O4. The van der Waals surface area contributed by atoms with Gasteiger partial charge < -0.3 is 15.3 Å². The SMILES string of the molecule is CC(=O)N1CCc2nc(C(=O)NCc3ccc(F)cc3)c(O)c(=O)n2CC1. The third-order valence-electron chi connectivity index (χ3n) is 4.45. The van der Waals surface area contributed by atoms with E-state index in [4.69, 9.17) is 0 Å². The monoisotopic (exact) mass is 374 g/mol. The summed E-state index contributed by atoms with van der Waals surface area (Å²) in [5, 5.41) is 12.7. The lowest BCUT2D eigenvalue weighted by atomic mass is 10.2. The Kier molecular flexibility index (Phi) is 5.20. The zero-order valence-corrected chi connectivity index (χ0v) is 14.7. The lowest BCUT2D eigenvalue weighted by Gasteiger charge is -2.16. The second-order valence-electron chi connectivity index (χ2n) is 6.25. The van der Waals surface area contributed by atoms with Crippen LogP contribution in [0.5, 0.6) is 5.75 Å². The zero-order chi connectivity index (χ0) is 19.6. The van der Waals surface area contributed by atoms with Gasteiger partial charge in [-0.25, -0.2) is 9.37 Å². The van der Waals surface area contributed by atoms with Gasteiger partial charge in [0.15, 0.2) is 5.69 Å². The third-order valence-corrected chi connectivity index (χ3v) is 4.45. The quantitative estimate of drug-likeness (QED) is 0.810. The second-order valence-corrected chi connectivity index (χ2v) is 6.25. The number of fused-ring (bicyclic) bond motifs is 1. The molecule has 0 spiro atoms. The van der Waals surface area contributed by atoms with Gasteiger partial charge in [0, 0.05) is 39.5 Å². The van der Waals surface area contributed by atoms with E-state index in [1.807, 2.05) is 0 Å². The maximum absolute atomic E-state index is 12.9. The highest BCUT2D eigenvalue weighted by molar-refractivity contribution is 5.94. The smallest absolute Gasteiger partial charge is 0.296 e. The van der Waals surface area contributed by atoms with Crippen molar-refractivity contribution in [3.05, 3.63) is 57.5 Å². The van der Waals surface area contributed by atoms with E-state index in [2.05, 4.69) is 10.3 Å². The number of rotatable bonds is 3. The van der Waals surface area contributed by atoms with Crippen LogP contribution in [0.2, 0.25) is 0 Å². The van der Waals surface area contributed by atoms with Gasteiger partial charge in [-0.3, -0.25) is 19.0 Å². The van der Waals surface area contributed by atoms with Gasteiger partial charge in [0.1, 0.15) is 11.6 Å². The number of aromatic nitrogens is 2. The van der Waals surface area contributed by atoms with E-state index >= 15 is 0 Å². The Hall–Kier alpha value is -3.23. The molecule has 1 aromatic heterocycles. The number of hydrogen-bond acceptors (Lipinski definition) is 5. The Labute approximate surface area is 154 Å². The molecule has 9 heteroatoms. The lowest BCUT2D eigenvalue weighted by Crippen LogP contribution is -2.33. The van der Waals surface area contributed by atoms with Crippen LogP contribution in [0.4, 0.5) is 4.39 Å². The highest BCUT2D eigenvalue weighted by atomic mass is 19.1. The van der Waals surface area contributed by atoms with E-state index in [0.717, 1.165) is 0 Å². The number of carbonyl (C=O) groups is 2. The molecule has 0 bridgehead atoms. The Morgan fingerprint density at radius 2 is 1.93 bits per heavy atom. The molecule has 2 heterocycles. The number of hydrogen-bond donors (Lipinski definition) is 2. The summed E-state index contributed by atoms with van der Waals surface area (Å²) >= 11 is 0. The fraction of sp³-hybridized carbons (Fsp3) is 0.333. The van der Waals surface area contributed by atoms with Crippen molar-refractivity contribution in [1.29, 1.82) is 0 Å². The molecule has 2 amide bonds. The molecule has 3 rings (SSSR count). The molecule has 27 heavy (non-hydrogen) atoms. The summed E-state index contributed by atoms with van der Waals surface area (Å²) in [6, 6.07) is 5.58. The summed E-state index contributed by atoms with van der Waals surface area (Å²) in [5.41, 5.74) is -0.408. The molecule has 142 valence electrons. The number of nitrogens with one attached hydrogen (secondary N) is 1. The fourth-order valence-electron chi connectivity index (χ4n) is 2.92. The number of carbonyl (C=O) groups excluding carboxylic acids is 2. The van der Waals surface area contributed by atoms with Gasteiger partial charge in [-0.2, -0.15) is 0 Å². The molecule has 1 aromatic carbocycles. The van der Waals surface area contributed by atoms with Crippen LogP contribution in [-0.4, -0.2) is 44.5 Å². The highest BCUT2D eigenvalue weighted by Gasteiger charge is 2.24. The van der Waals surface area contributed by atoms with E-state index in [0.29, 0.717) is 30.9 Å². The molecule has 0 radical (unpaired) electrons. The Bertz CT molecular complexity index is 940. The molecule has 0 unspecified atom stereocenters. The van der Waals surface area contributed by atoms with E-state index in [1.54, 1.807) is 4.90 Å². The normalized spacial score (nSPS) is 13.6. The Morgan fingerprint density at radius 1 is 1.22 bits per heavy atom. The molecule has 1 aliphatic heterocycles. The number of halogens is 1. The molecule has 0 saturated carbocycles. The molecular weight excluding hydrogens is 355 g/mol. The van der Waals surface area contributed by atoms with Gasteiger partial charge in [0.2, 0.25) is 11.7 Å². The fourth-order valence-corrected chi connectivity index (χ4v) is 2.92. The average Bonchev–Trinajstić information content (AvgIpc) is 2.87. The highest BCUT2D eigenvalue weighted by Crippen LogP contribution is 2.13. The predicted molar refractivity (Wildman–Crippen MR) is 93.7 cm³/mol. The van der Waals surface area contributed by atoms with Gasteiger partial charge in [-0.05, 0) is 17.7 Å². The second kappa shape index (κ2) is 7.56. The first-order valence-electron chi connectivity index (χ1n) is 8.47. The summed E-state index contributed by atoms with van der Waals surface area (Å²) in [5.74, 6) is -1.59. The van der Waals surface area contributed by atoms with Crippen molar-refractivity contribution >= 4 is 11.8 Å². The van der Waals surface area contributed by atoms with Gasteiger partial charge in [-0.1, -0.05) is 12.1 Å². The first kappa shape index (κ1) is 18.6. The molecule has 0 atom stereocenters. The van der Waals surface area contributed by atoms with Gasteiger partial charge in [0.05, 0.1) is 0 Å². The molecule has 0 fully saturated rings. The molecule has 0 saturated heterocycles. The minimum absolute atomic E-state index is 0.0940. The van der Waals surface area contributed by atoms with Crippen molar-refractivity contribution in [1.82, 2.24) is 19.8 Å². The van der Waals surface area contributed by atoms with E-state index in [1.165, 1.54) is 35.8 Å². The van der Waals surface area contributed by atoms with Crippen LogP contribution in [0.15, 0.2) is 29.1 Å². The standard InChI is InChI=1S/C18H19FN4O4/c1-11(24)22-7-6-14-21-15(16(25)18(27)23(14)9-8-22)17(26)20-10-12-2-4-13(19)5-3-12/h2-5,25H,6-10H2,1H3,(H,20,26). The minimum atomic E-state index is -0.730. The van der Waals surface area contributed by atoms with E-state index in [-0.39, 0.29) is 30.5 Å². The van der Waals surface area contributed by atoms with Crippen molar-refractivity contribution in [3.8, 4) is 5.75 Å². The zero-order valence-electron chi connectivity index (χ0n) is 14.7. The van der Waals surface area contributed by atoms with Crippen LogP contribution in [-0.2, 0) is 24.3 Å².